The molecule has 3 aliphatic carbocycles. The normalized spacial score (nSPS) is 36.3. The largest absolute Gasteiger partial charge is 0.293 e. The summed E-state index contributed by atoms with van der Waals surface area (Å²) in [6.07, 6.45) is 11.8. The van der Waals surface area contributed by atoms with E-state index in [-0.39, 0.29) is 5.41 Å². The van der Waals surface area contributed by atoms with Gasteiger partial charge in [0.2, 0.25) is 0 Å². The lowest BCUT2D eigenvalue weighted by molar-refractivity contribution is 0.0578. The molecule has 0 radical (unpaired) electrons. The quantitative estimate of drug-likeness (QED) is 0.673. The fourth-order valence-corrected chi connectivity index (χ4v) is 4.83. The van der Waals surface area contributed by atoms with Crippen molar-refractivity contribution in [3.05, 3.63) is 47.5 Å². The standard InChI is InChI=1S/C18H20O/c19-17-15-10-4-3-9-14(15)16-11-5-6-12-18(16,17)13-7-1-2-8-13/h1,3-4,7,9-10,13,16H,2,5-6,8,11-12H2/t13-,16-,18+/m1/s1. The summed E-state index contributed by atoms with van der Waals surface area (Å²) >= 11 is 0. The van der Waals surface area contributed by atoms with Crippen molar-refractivity contribution in [2.45, 2.75) is 44.4 Å². The number of Topliss-reactive ketones (excluding diaryl/α,β-unsaturated/α-hetero) is 1. The predicted octanol–water partition coefficient (Wildman–Crippen LogP) is 4.49. The van der Waals surface area contributed by atoms with Crippen LogP contribution in [0.2, 0.25) is 0 Å². The number of allylic oxidation sites excluding steroid dienone is 2. The number of carbonyl (C=O) groups excluding carboxylic acids is 1. The van der Waals surface area contributed by atoms with Crippen LogP contribution in [0, 0.1) is 11.3 Å². The number of ketones is 1. The lowest BCUT2D eigenvalue weighted by Gasteiger charge is -2.42. The maximum atomic E-state index is 13.1. The molecule has 1 aromatic rings. The fourth-order valence-electron chi connectivity index (χ4n) is 4.83. The molecule has 0 aromatic heterocycles. The molecular formula is C18H20O. The molecule has 1 fully saturated rings. The first-order valence-electron chi connectivity index (χ1n) is 7.64. The molecular weight excluding hydrogens is 232 g/mol. The van der Waals surface area contributed by atoms with Crippen molar-refractivity contribution >= 4 is 5.78 Å². The Labute approximate surface area is 114 Å². The molecule has 19 heavy (non-hydrogen) atoms. The molecule has 3 atom stereocenters. The van der Waals surface area contributed by atoms with Gasteiger partial charge in [0.1, 0.15) is 0 Å². The molecule has 98 valence electrons. The average molecular weight is 252 g/mol. The third-order valence-electron chi connectivity index (χ3n) is 5.63. The molecule has 0 aliphatic heterocycles. The second kappa shape index (κ2) is 4.06. The van der Waals surface area contributed by atoms with Crippen molar-refractivity contribution in [1.29, 1.82) is 0 Å². The number of fused-ring (bicyclic) bond motifs is 3. The van der Waals surface area contributed by atoms with Gasteiger partial charge in [-0.2, -0.15) is 0 Å². The van der Waals surface area contributed by atoms with E-state index in [9.17, 15) is 4.79 Å². The van der Waals surface area contributed by atoms with Crippen molar-refractivity contribution in [2.75, 3.05) is 0 Å². The zero-order valence-corrected chi connectivity index (χ0v) is 11.3. The van der Waals surface area contributed by atoms with Gasteiger partial charge in [-0.3, -0.25) is 4.79 Å². The fraction of sp³-hybridized carbons (Fsp3) is 0.500. The SMILES string of the molecule is O=C1c2ccccc2[C@H]2CCCC[C@@]12[C@@H]1C=CCC1. The lowest BCUT2D eigenvalue weighted by atomic mass is 9.59. The highest BCUT2D eigenvalue weighted by atomic mass is 16.1. The van der Waals surface area contributed by atoms with Crippen LogP contribution in [-0.2, 0) is 0 Å². The molecule has 0 saturated heterocycles. The monoisotopic (exact) mass is 252 g/mol. The van der Waals surface area contributed by atoms with E-state index in [0.717, 1.165) is 18.4 Å². The summed E-state index contributed by atoms with van der Waals surface area (Å²) in [6.45, 7) is 0. The Morgan fingerprint density at radius 2 is 2.00 bits per heavy atom. The summed E-state index contributed by atoms with van der Waals surface area (Å²) in [5.74, 6) is 1.42. The van der Waals surface area contributed by atoms with E-state index < -0.39 is 0 Å². The van der Waals surface area contributed by atoms with Gasteiger partial charge < -0.3 is 0 Å². The first kappa shape index (κ1) is 11.5. The van der Waals surface area contributed by atoms with Gasteiger partial charge in [0.25, 0.3) is 0 Å². The zero-order valence-electron chi connectivity index (χ0n) is 11.3. The molecule has 0 N–H and O–H groups in total. The smallest absolute Gasteiger partial charge is 0.170 e. The third-order valence-corrected chi connectivity index (χ3v) is 5.63. The molecule has 1 nitrogen and oxygen atoms in total. The van der Waals surface area contributed by atoms with E-state index in [4.69, 9.17) is 0 Å². The highest BCUT2D eigenvalue weighted by molar-refractivity contribution is 6.06. The third kappa shape index (κ3) is 1.39. The minimum atomic E-state index is -0.0884. The van der Waals surface area contributed by atoms with Crippen LogP contribution in [0.1, 0.15) is 60.4 Å². The molecule has 3 aliphatic rings. The number of hydrogen-bond acceptors (Lipinski definition) is 1. The summed E-state index contributed by atoms with van der Waals surface area (Å²) < 4.78 is 0. The molecule has 1 saturated carbocycles. The summed E-state index contributed by atoms with van der Waals surface area (Å²) in [7, 11) is 0. The van der Waals surface area contributed by atoms with Gasteiger partial charge in [0.05, 0.1) is 0 Å². The first-order chi connectivity index (χ1) is 9.34. The Morgan fingerprint density at radius 1 is 1.11 bits per heavy atom. The summed E-state index contributed by atoms with van der Waals surface area (Å²) in [4.78, 5) is 13.1. The van der Waals surface area contributed by atoms with Crippen LogP contribution in [0.4, 0.5) is 0 Å². The van der Waals surface area contributed by atoms with E-state index in [2.05, 4.69) is 30.4 Å². The Morgan fingerprint density at radius 3 is 2.84 bits per heavy atom. The Balaban J connectivity index is 1.88. The van der Waals surface area contributed by atoms with Crippen molar-refractivity contribution < 1.29 is 4.79 Å². The summed E-state index contributed by atoms with van der Waals surface area (Å²) in [5.41, 5.74) is 2.27. The minimum Gasteiger partial charge on any atom is -0.293 e. The van der Waals surface area contributed by atoms with E-state index in [1.165, 1.54) is 31.2 Å². The van der Waals surface area contributed by atoms with E-state index >= 15 is 0 Å². The van der Waals surface area contributed by atoms with Gasteiger partial charge in [-0.05, 0) is 43.1 Å². The van der Waals surface area contributed by atoms with Crippen LogP contribution in [0.5, 0.6) is 0 Å². The molecule has 0 bridgehead atoms. The molecule has 0 spiro atoms. The molecule has 0 unspecified atom stereocenters. The molecule has 4 rings (SSSR count). The van der Waals surface area contributed by atoms with Crippen molar-refractivity contribution in [1.82, 2.24) is 0 Å². The minimum absolute atomic E-state index is 0.0884. The van der Waals surface area contributed by atoms with E-state index in [1.54, 1.807) is 0 Å². The molecule has 0 heterocycles. The van der Waals surface area contributed by atoms with Crippen LogP contribution in [-0.4, -0.2) is 5.78 Å². The van der Waals surface area contributed by atoms with Gasteiger partial charge in [0, 0.05) is 11.0 Å². The van der Waals surface area contributed by atoms with Crippen molar-refractivity contribution in [2.24, 2.45) is 11.3 Å². The van der Waals surface area contributed by atoms with Crippen LogP contribution in [0.3, 0.4) is 0 Å². The molecule has 1 aromatic carbocycles. The van der Waals surface area contributed by atoms with Gasteiger partial charge in [0.15, 0.2) is 5.78 Å². The van der Waals surface area contributed by atoms with E-state index in [0.29, 0.717) is 17.6 Å². The lowest BCUT2D eigenvalue weighted by Crippen LogP contribution is -2.40. The average Bonchev–Trinajstić information content (AvgIpc) is 3.07. The van der Waals surface area contributed by atoms with Crippen LogP contribution in [0.25, 0.3) is 0 Å². The van der Waals surface area contributed by atoms with Crippen molar-refractivity contribution in [3.63, 3.8) is 0 Å². The predicted molar refractivity (Wildman–Crippen MR) is 76.3 cm³/mol. The Hall–Kier alpha value is -1.37. The van der Waals surface area contributed by atoms with Crippen LogP contribution < -0.4 is 0 Å². The maximum absolute atomic E-state index is 13.1. The molecule has 1 heteroatoms. The van der Waals surface area contributed by atoms with Gasteiger partial charge in [-0.25, -0.2) is 0 Å². The second-order valence-corrected chi connectivity index (χ2v) is 6.37. The summed E-state index contributed by atoms with van der Waals surface area (Å²) in [6, 6.07) is 8.37. The van der Waals surface area contributed by atoms with Crippen LogP contribution in [0.15, 0.2) is 36.4 Å². The van der Waals surface area contributed by atoms with Gasteiger partial charge in [-0.15, -0.1) is 0 Å². The van der Waals surface area contributed by atoms with Crippen LogP contribution >= 0.6 is 0 Å². The first-order valence-corrected chi connectivity index (χ1v) is 7.64. The Kier molecular flexibility index (Phi) is 2.45. The highest BCUT2D eigenvalue weighted by Gasteiger charge is 2.56. The molecule has 0 amide bonds. The number of hydrogen-bond donors (Lipinski definition) is 0. The number of benzene rings is 1. The van der Waals surface area contributed by atoms with Gasteiger partial charge >= 0.3 is 0 Å². The summed E-state index contributed by atoms with van der Waals surface area (Å²) in [5, 5.41) is 0. The highest BCUT2D eigenvalue weighted by Crippen LogP contribution is 2.60. The number of rotatable bonds is 1. The maximum Gasteiger partial charge on any atom is 0.170 e. The zero-order chi connectivity index (χ0) is 12.9. The van der Waals surface area contributed by atoms with E-state index in [1.807, 2.05) is 6.07 Å². The van der Waals surface area contributed by atoms with Crippen molar-refractivity contribution in [3.8, 4) is 0 Å². The topological polar surface area (TPSA) is 17.1 Å². The number of carbonyl (C=O) groups is 1. The van der Waals surface area contributed by atoms with Gasteiger partial charge in [-0.1, -0.05) is 49.3 Å². The Bertz CT molecular complexity index is 557. The second-order valence-electron chi connectivity index (χ2n) is 6.37.